The molecular weight excluding hydrogens is 272 g/mol. The van der Waals surface area contributed by atoms with Gasteiger partial charge in [-0.2, -0.15) is 0 Å². The first kappa shape index (κ1) is 15.9. The lowest BCUT2D eigenvalue weighted by Gasteiger charge is -2.29. The van der Waals surface area contributed by atoms with Gasteiger partial charge in [0.05, 0.1) is 0 Å². The number of carbonyl (C=O) groups excluding carboxylic acids is 1. The first-order valence-electron chi connectivity index (χ1n) is 6.17. The number of nitrogens with one attached hydrogen (secondary N) is 1. The first-order valence-corrected chi connectivity index (χ1v) is 6.71. The summed E-state index contributed by atoms with van der Waals surface area (Å²) in [5, 5.41) is 2.67. The van der Waals surface area contributed by atoms with Crippen LogP contribution in [-0.4, -0.2) is 17.3 Å². The number of benzene rings is 1. The number of aryl methyl sites for hydroxylation is 1. The van der Waals surface area contributed by atoms with Crippen molar-refractivity contribution < 1.29 is 13.6 Å². The molecule has 1 rings (SSSR count). The summed E-state index contributed by atoms with van der Waals surface area (Å²) in [5.74, 6) is -2.05. The first-order chi connectivity index (χ1) is 8.84. The minimum atomic E-state index is -0.857. The number of rotatable bonds is 5. The molecule has 106 valence electrons. The van der Waals surface area contributed by atoms with Crippen molar-refractivity contribution in [1.29, 1.82) is 0 Å². The highest BCUT2D eigenvalue weighted by molar-refractivity contribution is 6.17. The molecule has 1 N–H and O–H groups in total. The second-order valence-electron chi connectivity index (χ2n) is 4.86. The van der Waals surface area contributed by atoms with Gasteiger partial charge in [-0.15, -0.1) is 11.6 Å². The Bertz CT molecular complexity index is 479. The van der Waals surface area contributed by atoms with Gasteiger partial charge in [0, 0.05) is 11.4 Å². The summed E-state index contributed by atoms with van der Waals surface area (Å²) in [6.07, 6.45) is 1.16. The number of carbonyl (C=O) groups is 1. The van der Waals surface area contributed by atoms with Crippen molar-refractivity contribution >= 4 is 17.5 Å². The normalized spacial score (nSPS) is 14.0. The molecule has 5 heteroatoms. The van der Waals surface area contributed by atoms with Gasteiger partial charge in [-0.25, -0.2) is 8.78 Å². The predicted molar refractivity (Wildman–Crippen MR) is 72.6 cm³/mol. The molecular formula is C14H18ClF2NO. The highest BCUT2D eigenvalue weighted by Crippen LogP contribution is 2.20. The molecule has 1 aromatic carbocycles. The average molecular weight is 290 g/mol. The molecule has 0 aliphatic rings. The third kappa shape index (κ3) is 3.66. The molecule has 0 radical (unpaired) electrons. The molecule has 0 aliphatic carbocycles. The van der Waals surface area contributed by atoms with Gasteiger partial charge < -0.3 is 5.32 Å². The van der Waals surface area contributed by atoms with E-state index in [2.05, 4.69) is 5.32 Å². The molecule has 19 heavy (non-hydrogen) atoms. The van der Waals surface area contributed by atoms with Crippen molar-refractivity contribution in [2.75, 3.05) is 5.88 Å². The zero-order valence-corrected chi connectivity index (χ0v) is 12.1. The number of alkyl halides is 1. The second kappa shape index (κ2) is 6.33. The van der Waals surface area contributed by atoms with Crippen LogP contribution in [0.1, 0.15) is 42.6 Å². The maximum Gasteiger partial charge on any atom is 0.257 e. The SMILES string of the molecule is CCC(C)(CCCl)NC(=O)c1c(F)ccc(C)c1F. The number of hydrogen-bond acceptors (Lipinski definition) is 1. The van der Waals surface area contributed by atoms with Gasteiger partial charge in [0.2, 0.25) is 0 Å². The van der Waals surface area contributed by atoms with Crippen molar-refractivity contribution in [2.24, 2.45) is 0 Å². The van der Waals surface area contributed by atoms with Crippen LogP contribution in [0.15, 0.2) is 12.1 Å². The van der Waals surface area contributed by atoms with Gasteiger partial charge in [-0.3, -0.25) is 4.79 Å². The van der Waals surface area contributed by atoms with E-state index in [1.54, 1.807) is 6.92 Å². The molecule has 0 heterocycles. The van der Waals surface area contributed by atoms with E-state index in [4.69, 9.17) is 11.6 Å². The molecule has 0 fully saturated rings. The fourth-order valence-corrected chi connectivity index (χ4v) is 2.15. The Hall–Kier alpha value is -1.16. The fourth-order valence-electron chi connectivity index (χ4n) is 1.74. The zero-order valence-electron chi connectivity index (χ0n) is 11.3. The molecule has 1 aromatic rings. The molecule has 0 saturated carbocycles. The fraction of sp³-hybridized carbons (Fsp3) is 0.500. The van der Waals surface area contributed by atoms with E-state index in [1.807, 2.05) is 6.92 Å². The summed E-state index contributed by atoms with van der Waals surface area (Å²) in [5.41, 5.74) is -0.863. The van der Waals surface area contributed by atoms with Crippen molar-refractivity contribution in [3.8, 4) is 0 Å². The Balaban J connectivity index is 3.05. The van der Waals surface area contributed by atoms with E-state index in [0.717, 1.165) is 6.07 Å². The summed E-state index contributed by atoms with van der Waals surface area (Å²) in [7, 11) is 0. The Morgan fingerprint density at radius 1 is 1.42 bits per heavy atom. The molecule has 2 nitrogen and oxygen atoms in total. The number of hydrogen-bond donors (Lipinski definition) is 1. The minimum absolute atomic E-state index is 0.238. The van der Waals surface area contributed by atoms with Gasteiger partial charge >= 0.3 is 0 Å². The van der Waals surface area contributed by atoms with E-state index < -0.39 is 28.6 Å². The Labute approximate surface area is 117 Å². The third-order valence-electron chi connectivity index (χ3n) is 3.35. The lowest BCUT2D eigenvalue weighted by molar-refractivity contribution is 0.0892. The van der Waals surface area contributed by atoms with Crippen molar-refractivity contribution in [3.05, 3.63) is 34.9 Å². The predicted octanol–water partition coefficient (Wildman–Crippen LogP) is 3.80. The number of amides is 1. The maximum absolute atomic E-state index is 13.9. The molecule has 0 aliphatic heterocycles. The Morgan fingerprint density at radius 2 is 2.05 bits per heavy atom. The van der Waals surface area contributed by atoms with Crippen LogP contribution < -0.4 is 5.32 Å². The molecule has 0 aromatic heterocycles. The van der Waals surface area contributed by atoms with E-state index in [-0.39, 0.29) is 5.56 Å². The van der Waals surface area contributed by atoms with Crippen LogP contribution in [0.25, 0.3) is 0 Å². The lowest BCUT2D eigenvalue weighted by Crippen LogP contribution is -2.46. The van der Waals surface area contributed by atoms with Crippen LogP contribution in [0.5, 0.6) is 0 Å². The van der Waals surface area contributed by atoms with Gasteiger partial charge in [0.1, 0.15) is 17.2 Å². The molecule has 1 unspecified atom stereocenters. The zero-order chi connectivity index (χ0) is 14.6. The highest BCUT2D eigenvalue weighted by Gasteiger charge is 2.27. The van der Waals surface area contributed by atoms with Gasteiger partial charge in [-0.1, -0.05) is 13.0 Å². The molecule has 1 amide bonds. The van der Waals surface area contributed by atoms with Crippen LogP contribution in [0, 0.1) is 18.6 Å². The van der Waals surface area contributed by atoms with Crippen molar-refractivity contribution in [3.63, 3.8) is 0 Å². The standard InChI is InChI=1S/C14H18ClF2NO/c1-4-14(3,7-8-15)18-13(19)11-10(16)6-5-9(2)12(11)17/h5-6H,4,7-8H2,1-3H3,(H,18,19). The minimum Gasteiger partial charge on any atom is -0.347 e. The third-order valence-corrected chi connectivity index (χ3v) is 3.54. The highest BCUT2D eigenvalue weighted by atomic mass is 35.5. The van der Waals surface area contributed by atoms with E-state index in [0.29, 0.717) is 18.7 Å². The van der Waals surface area contributed by atoms with Crippen LogP contribution in [0.2, 0.25) is 0 Å². The van der Waals surface area contributed by atoms with E-state index in [9.17, 15) is 13.6 Å². The lowest BCUT2D eigenvalue weighted by atomic mass is 9.94. The summed E-state index contributed by atoms with van der Waals surface area (Å²) in [4.78, 5) is 12.1. The molecule has 0 bridgehead atoms. The summed E-state index contributed by atoms with van der Waals surface area (Å²) in [6.45, 7) is 5.18. The van der Waals surface area contributed by atoms with Crippen LogP contribution in [-0.2, 0) is 0 Å². The second-order valence-corrected chi connectivity index (χ2v) is 5.24. The van der Waals surface area contributed by atoms with Gasteiger partial charge in [0.25, 0.3) is 5.91 Å². The summed E-state index contributed by atoms with van der Waals surface area (Å²) < 4.78 is 27.5. The molecule has 1 atom stereocenters. The van der Waals surface area contributed by atoms with E-state index >= 15 is 0 Å². The number of halogens is 3. The maximum atomic E-state index is 13.9. The topological polar surface area (TPSA) is 29.1 Å². The van der Waals surface area contributed by atoms with Crippen LogP contribution in [0.3, 0.4) is 0 Å². The smallest absolute Gasteiger partial charge is 0.257 e. The molecule has 0 spiro atoms. The largest absolute Gasteiger partial charge is 0.347 e. The Morgan fingerprint density at radius 3 is 2.58 bits per heavy atom. The van der Waals surface area contributed by atoms with E-state index in [1.165, 1.54) is 13.0 Å². The Kier molecular flexibility index (Phi) is 5.29. The average Bonchev–Trinajstić information content (AvgIpc) is 2.34. The van der Waals surface area contributed by atoms with Gasteiger partial charge in [-0.05, 0) is 38.3 Å². The van der Waals surface area contributed by atoms with Gasteiger partial charge in [0.15, 0.2) is 0 Å². The monoisotopic (exact) mass is 289 g/mol. The quantitative estimate of drug-likeness (QED) is 0.821. The van der Waals surface area contributed by atoms with Crippen LogP contribution in [0.4, 0.5) is 8.78 Å². The van der Waals surface area contributed by atoms with Crippen molar-refractivity contribution in [1.82, 2.24) is 5.32 Å². The van der Waals surface area contributed by atoms with Crippen molar-refractivity contribution in [2.45, 2.75) is 39.2 Å². The summed E-state index contributed by atoms with van der Waals surface area (Å²) >= 11 is 5.68. The van der Waals surface area contributed by atoms with Crippen LogP contribution >= 0.6 is 11.6 Å². The summed E-state index contributed by atoms with van der Waals surface area (Å²) in [6, 6.07) is 2.40. The molecule has 0 saturated heterocycles.